The molecule has 0 amide bonds. The summed E-state index contributed by atoms with van der Waals surface area (Å²) in [4.78, 5) is 0. The summed E-state index contributed by atoms with van der Waals surface area (Å²) in [7, 11) is 0. The SMILES string of the molecule is CCOC(C1CC1)C(NN)c1cccc(OC(C)C)c1. The van der Waals surface area contributed by atoms with Crippen LogP contribution in [-0.4, -0.2) is 18.8 Å². The third-order valence-electron chi connectivity index (χ3n) is 3.54. The monoisotopic (exact) mass is 278 g/mol. The van der Waals surface area contributed by atoms with E-state index in [9.17, 15) is 0 Å². The summed E-state index contributed by atoms with van der Waals surface area (Å²) in [6.07, 6.45) is 2.76. The number of hydrogen-bond acceptors (Lipinski definition) is 4. The summed E-state index contributed by atoms with van der Waals surface area (Å²) < 4.78 is 11.7. The van der Waals surface area contributed by atoms with E-state index >= 15 is 0 Å². The van der Waals surface area contributed by atoms with Gasteiger partial charge in [0.15, 0.2) is 0 Å². The van der Waals surface area contributed by atoms with Crippen LogP contribution in [0.25, 0.3) is 0 Å². The average molecular weight is 278 g/mol. The molecule has 0 aliphatic heterocycles. The average Bonchev–Trinajstić information content (AvgIpc) is 3.22. The standard InChI is InChI=1S/C16H26N2O2/c1-4-19-16(12-8-9-12)15(18-17)13-6-5-7-14(10-13)20-11(2)3/h5-7,10-12,15-16,18H,4,8-9,17H2,1-3H3. The third kappa shape index (κ3) is 3.95. The Morgan fingerprint density at radius 1 is 1.35 bits per heavy atom. The second kappa shape index (κ2) is 7.07. The zero-order chi connectivity index (χ0) is 14.5. The Balaban J connectivity index is 2.16. The number of nitrogens with one attached hydrogen (secondary N) is 1. The van der Waals surface area contributed by atoms with Gasteiger partial charge in [-0.3, -0.25) is 11.3 Å². The Bertz CT molecular complexity index is 419. The molecule has 4 heteroatoms. The first-order valence-corrected chi connectivity index (χ1v) is 7.50. The van der Waals surface area contributed by atoms with Crippen molar-refractivity contribution < 1.29 is 9.47 Å². The Labute approximate surface area is 121 Å². The van der Waals surface area contributed by atoms with Crippen molar-refractivity contribution in [1.82, 2.24) is 5.43 Å². The van der Waals surface area contributed by atoms with Gasteiger partial charge in [-0.15, -0.1) is 0 Å². The molecule has 1 saturated carbocycles. The van der Waals surface area contributed by atoms with Crippen molar-refractivity contribution in [2.75, 3.05) is 6.61 Å². The maximum Gasteiger partial charge on any atom is 0.120 e. The molecule has 1 fully saturated rings. The minimum Gasteiger partial charge on any atom is -0.491 e. The molecule has 2 unspecified atom stereocenters. The molecule has 1 aliphatic rings. The van der Waals surface area contributed by atoms with Gasteiger partial charge in [0.1, 0.15) is 5.75 Å². The van der Waals surface area contributed by atoms with E-state index in [1.807, 2.05) is 32.9 Å². The van der Waals surface area contributed by atoms with Crippen LogP contribution in [0.5, 0.6) is 5.75 Å². The molecule has 112 valence electrons. The van der Waals surface area contributed by atoms with Gasteiger partial charge in [0, 0.05) is 6.61 Å². The minimum absolute atomic E-state index is 0.0122. The molecule has 0 saturated heterocycles. The summed E-state index contributed by atoms with van der Waals surface area (Å²) in [5.74, 6) is 7.28. The van der Waals surface area contributed by atoms with Crippen molar-refractivity contribution in [2.45, 2.75) is 51.9 Å². The predicted molar refractivity (Wildman–Crippen MR) is 80.4 cm³/mol. The van der Waals surface area contributed by atoms with Crippen LogP contribution in [0.4, 0.5) is 0 Å². The van der Waals surface area contributed by atoms with E-state index in [0.717, 1.165) is 11.3 Å². The van der Waals surface area contributed by atoms with Gasteiger partial charge >= 0.3 is 0 Å². The lowest BCUT2D eigenvalue weighted by atomic mass is 9.98. The molecule has 3 N–H and O–H groups in total. The first kappa shape index (κ1) is 15.3. The quantitative estimate of drug-likeness (QED) is 0.567. The van der Waals surface area contributed by atoms with Gasteiger partial charge in [-0.1, -0.05) is 12.1 Å². The molecular weight excluding hydrogens is 252 g/mol. The predicted octanol–water partition coefficient (Wildman–Crippen LogP) is 2.79. The zero-order valence-corrected chi connectivity index (χ0v) is 12.6. The largest absolute Gasteiger partial charge is 0.491 e. The van der Waals surface area contributed by atoms with E-state index in [4.69, 9.17) is 15.3 Å². The fourth-order valence-electron chi connectivity index (χ4n) is 2.56. The molecule has 0 heterocycles. The van der Waals surface area contributed by atoms with Crippen LogP contribution < -0.4 is 16.0 Å². The van der Waals surface area contributed by atoms with Crippen molar-refractivity contribution in [2.24, 2.45) is 11.8 Å². The summed E-state index contributed by atoms with van der Waals surface area (Å²) in [6, 6.07) is 8.13. The summed E-state index contributed by atoms with van der Waals surface area (Å²) in [6.45, 7) is 6.79. The Morgan fingerprint density at radius 3 is 2.65 bits per heavy atom. The second-order valence-electron chi connectivity index (χ2n) is 5.64. The molecule has 0 aromatic heterocycles. The van der Waals surface area contributed by atoms with Crippen LogP contribution in [0.2, 0.25) is 0 Å². The zero-order valence-electron chi connectivity index (χ0n) is 12.6. The summed E-state index contributed by atoms with van der Waals surface area (Å²) in [5, 5.41) is 0. The highest BCUT2D eigenvalue weighted by molar-refractivity contribution is 5.31. The molecule has 1 aromatic carbocycles. The van der Waals surface area contributed by atoms with Crippen molar-refractivity contribution >= 4 is 0 Å². The van der Waals surface area contributed by atoms with E-state index in [2.05, 4.69) is 17.6 Å². The fraction of sp³-hybridized carbons (Fsp3) is 0.625. The molecular formula is C16H26N2O2. The normalized spacial score (nSPS) is 18.1. The van der Waals surface area contributed by atoms with Crippen molar-refractivity contribution in [3.63, 3.8) is 0 Å². The molecule has 0 bridgehead atoms. The van der Waals surface area contributed by atoms with Crippen LogP contribution in [0.3, 0.4) is 0 Å². The van der Waals surface area contributed by atoms with Gasteiger partial charge in [-0.25, -0.2) is 0 Å². The maximum absolute atomic E-state index is 5.91. The van der Waals surface area contributed by atoms with E-state index in [1.54, 1.807) is 0 Å². The van der Waals surface area contributed by atoms with Crippen LogP contribution in [0.15, 0.2) is 24.3 Å². The molecule has 0 radical (unpaired) electrons. The van der Waals surface area contributed by atoms with Crippen LogP contribution >= 0.6 is 0 Å². The maximum atomic E-state index is 5.91. The van der Waals surface area contributed by atoms with E-state index in [1.165, 1.54) is 12.8 Å². The van der Waals surface area contributed by atoms with Gasteiger partial charge in [-0.2, -0.15) is 0 Å². The van der Waals surface area contributed by atoms with Gasteiger partial charge in [0.2, 0.25) is 0 Å². The number of benzene rings is 1. The Morgan fingerprint density at radius 2 is 2.10 bits per heavy atom. The first-order valence-electron chi connectivity index (χ1n) is 7.50. The third-order valence-corrected chi connectivity index (χ3v) is 3.54. The number of hydrazine groups is 1. The van der Waals surface area contributed by atoms with Gasteiger partial charge < -0.3 is 9.47 Å². The molecule has 2 rings (SSSR count). The van der Waals surface area contributed by atoms with E-state index < -0.39 is 0 Å². The Kier molecular flexibility index (Phi) is 5.40. The highest BCUT2D eigenvalue weighted by Crippen LogP contribution is 2.40. The van der Waals surface area contributed by atoms with Crippen molar-refractivity contribution in [1.29, 1.82) is 0 Å². The number of ether oxygens (including phenoxy) is 2. The molecule has 2 atom stereocenters. The van der Waals surface area contributed by atoms with E-state index in [0.29, 0.717) is 12.5 Å². The smallest absolute Gasteiger partial charge is 0.120 e. The summed E-state index contributed by atoms with van der Waals surface area (Å²) in [5.41, 5.74) is 4.05. The van der Waals surface area contributed by atoms with Gasteiger partial charge in [0.05, 0.1) is 18.2 Å². The number of hydrogen-bond donors (Lipinski definition) is 2. The van der Waals surface area contributed by atoms with Crippen LogP contribution in [0, 0.1) is 5.92 Å². The lowest BCUT2D eigenvalue weighted by molar-refractivity contribution is 0.0185. The molecule has 0 spiro atoms. The molecule has 1 aliphatic carbocycles. The number of rotatable bonds is 8. The van der Waals surface area contributed by atoms with Crippen LogP contribution in [0.1, 0.15) is 45.2 Å². The first-order chi connectivity index (χ1) is 9.65. The lowest BCUT2D eigenvalue weighted by Crippen LogP contribution is -2.39. The summed E-state index contributed by atoms with van der Waals surface area (Å²) >= 11 is 0. The molecule has 1 aromatic rings. The lowest BCUT2D eigenvalue weighted by Gasteiger charge is -2.27. The minimum atomic E-state index is 0.0122. The highest BCUT2D eigenvalue weighted by Gasteiger charge is 2.37. The van der Waals surface area contributed by atoms with Crippen molar-refractivity contribution in [3.8, 4) is 5.75 Å². The highest BCUT2D eigenvalue weighted by atomic mass is 16.5. The van der Waals surface area contributed by atoms with Crippen LogP contribution in [-0.2, 0) is 4.74 Å². The van der Waals surface area contributed by atoms with E-state index in [-0.39, 0.29) is 18.2 Å². The van der Waals surface area contributed by atoms with Gasteiger partial charge in [0.25, 0.3) is 0 Å². The molecule has 20 heavy (non-hydrogen) atoms. The molecule has 4 nitrogen and oxygen atoms in total. The second-order valence-corrected chi connectivity index (χ2v) is 5.64. The number of nitrogens with two attached hydrogens (primary N) is 1. The van der Waals surface area contributed by atoms with Crippen molar-refractivity contribution in [3.05, 3.63) is 29.8 Å². The van der Waals surface area contributed by atoms with Gasteiger partial charge in [-0.05, 0) is 57.2 Å². The Hall–Kier alpha value is -1.10. The topological polar surface area (TPSA) is 56.5 Å². The fourth-order valence-corrected chi connectivity index (χ4v) is 2.56.